The second-order valence-electron chi connectivity index (χ2n) is 5.83. The van der Waals surface area contributed by atoms with Gasteiger partial charge in [-0.05, 0) is 42.7 Å². The summed E-state index contributed by atoms with van der Waals surface area (Å²) in [6.07, 6.45) is -0.418. The molecule has 0 aliphatic heterocycles. The molecule has 0 aromatic heterocycles. The van der Waals surface area contributed by atoms with E-state index in [2.05, 4.69) is 19.2 Å². The maximum atomic E-state index is 12.2. The molecule has 122 valence electrons. The SMILES string of the molecule is CC(NC(=O)N(C)c1ccccc1)Oc1ccc(C(C)C)cc1. The van der Waals surface area contributed by atoms with Crippen LogP contribution in [-0.2, 0) is 0 Å². The molecular weight excluding hydrogens is 288 g/mol. The third kappa shape index (κ3) is 4.74. The van der Waals surface area contributed by atoms with Crippen molar-refractivity contribution in [2.24, 2.45) is 0 Å². The number of carbonyl (C=O) groups excluding carboxylic acids is 1. The van der Waals surface area contributed by atoms with Gasteiger partial charge in [-0.2, -0.15) is 0 Å². The Balaban J connectivity index is 1.91. The Morgan fingerprint density at radius 3 is 2.17 bits per heavy atom. The summed E-state index contributed by atoms with van der Waals surface area (Å²) in [5.74, 6) is 1.23. The van der Waals surface area contributed by atoms with Crippen LogP contribution < -0.4 is 15.0 Å². The first-order valence-electron chi connectivity index (χ1n) is 7.83. The van der Waals surface area contributed by atoms with Gasteiger partial charge in [0.15, 0.2) is 6.23 Å². The van der Waals surface area contributed by atoms with Gasteiger partial charge in [0.1, 0.15) is 5.75 Å². The summed E-state index contributed by atoms with van der Waals surface area (Å²) >= 11 is 0. The van der Waals surface area contributed by atoms with Gasteiger partial charge in [0.05, 0.1) is 0 Å². The highest BCUT2D eigenvalue weighted by atomic mass is 16.5. The first kappa shape index (κ1) is 16.9. The van der Waals surface area contributed by atoms with E-state index in [-0.39, 0.29) is 6.03 Å². The number of nitrogens with one attached hydrogen (secondary N) is 1. The van der Waals surface area contributed by atoms with Gasteiger partial charge in [0.25, 0.3) is 0 Å². The average molecular weight is 312 g/mol. The lowest BCUT2D eigenvalue weighted by Gasteiger charge is -2.22. The summed E-state index contributed by atoms with van der Waals surface area (Å²) in [5.41, 5.74) is 2.09. The van der Waals surface area contributed by atoms with Crippen molar-refractivity contribution in [1.82, 2.24) is 5.32 Å². The highest BCUT2D eigenvalue weighted by molar-refractivity contribution is 5.91. The molecule has 1 N–H and O–H groups in total. The Morgan fingerprint density at radius 2 is 1.61 bits per heavy atom. The van der Waals surface area contributed by atoms with Crippen molar-refractivity contribution < 1.29 is 9.53 Å². The molecule has 0 bridgehead atoms. The number of hydrogen-bond acceptors (Lipinski definition) is 2. The second-order valence-corrected chi connectivity index (χ2v) is 5.83. The Hall–Kier alpha value is -2.49. The minimum atomic E-state index is -0.418. The molecule has 0 spiro atoms. The molecule has 2 amide bonds. The number of carbonyl (C=O) groups is 1. The van der Waals surface area contributed by atoms with E-state index in [4.69, 9.17) is 4.74 Å². The number of hydrogen-bond donors (Lipinski definition) is 1. The smallest absolute Gasteiger partial charge is 0.324 e. The van der Waals surface area contributed by atoms with Crippen LogP contribution in [0.15, 0.2) is 54.6 Å². The van der Waals surface area contributed by atoms with Crippen LogP contribution in [0.4, 0.5) is 10.5 Å². The fraction of sp³-hybridized carbons (Fsp3) is 0.316. The molecule has 4 nitrogen and oxygen atoms in total. The number of para-hydroxylation sites is 1. The van der Waals surface area contributed by atoms with E-state index in [0.717, 1.165) is 11.4 Å². The van der Waals surface area contributed by atoms with Gasteiger partial charge in [0, 0.05) is 12.7 Å². The maximum absolute atomic E-state index is 12.2. The highest BCUT2D eigenvalue weighted by Crippen LogP contribution is 2.19. The molecule has 0 aliphatic rings. The summed E-state index contributed by atoms with van der Waals surface area (Å²) in [4.78, 5) is 13.8. The topological polar surface area (TPSA) is 41.6 Å². The highest BCUT2D eigenvalue weighted by Gasteiger charge is 2.14. The predicted octanol–water partition coefficient (Wildman–Crippen LogP) is 4.38. The number of urea groups is 1. The lowest BCUT2D eigenvalue weighted by Crippen LogP contribution is -2.44. The van der Waals surface area contributed by atoms with E-state index in [1.165, 1.54) is 5.56 Å². The monoisotopic (exact) mass is 312 g/mol. The largest absolute Gasteiger partial charge is 0.471 e. The van der Waals surface area contributed by atoms with Crippen LogP contribution >= 0.6 is 0 Å². The third-order valence-corrected chi connectivity index (χ3v) is 3.63. The van der Waals surface area contributed by atoms with Crippen LogP contribution in [0.3, 0.4) is 0 Å². The molecule has 0 fully saturated rings. The molecule has 0 radical (unpaired) electrons. The van der Waals surface area contributed by atoms with Gasteiger partial charge in [-0.25, -0.2) is 4.79 Å². The molecule has 1 atom stereocenters. The molecule has 0 aliphatic carbocycles. The predicted molar refractivity (Wildman–Crippen MR) is 94.0 cm³/mol. The Labute approximate surface area is 138 Å². The fourth-order valence-corrected chi connectivity index (χ4v) is 2.20. The van der Waals surface area contributed by atoms with Crippen LogP contribution in [-0.4, -0.2) is 19.3 Å². The third-order valence-electron chi connectivity index (χ3n) is 3.63. The Morgan fingerprint density at radius 1 is 1.00 bits per heavy atom. The number of amides is 2. The molecule has 1 unspecified atom stereocenters. The molecule has 2 rings (SSSR count). The molecule has 2 aromatic carbocycles. The van der Waals surface area contributed by atoms with E-state index in [1.54, 1.807) is 11.9 Å². The zero-order valence-electron chi connectivity index (χ0n) is 14.1. The van der Waals surface area contributed by atoms with Gasteiger partial charge in [-0.3, -0.25) is 4.90 Å². The zero-order chi connectivity index (χ0) is 16.8. The lowest BCUT2D eigenvalue weighted by molar-refractivity contribution is 0.180. The van der Waals surface area contributed by atoms with Crippen molar-refractivity contribution in [2.45, 2.75) is 32.9 Å². The molecular formula is C19H24N2O2. The molecule has 4 heteroatoms. The molecule has 23 heavy (non-hydrogen) atoms. The fourth-order valence-electron chi connectivity index (χ4n) is 2.20. The Kier molecular flexibility index (Phi) is 5.63. The van der Waals surface area contributed by atoms with Crippen LogP contribution in [0.2, 0.25) is 0 Å². The van der Waals surface area contributed by atoms with Gasteiger partial charge in [0.2, 0.25) is 0 Å². The van der Waals surface area contributed by atoms with Crippen LogP contribution in [0, 0.1) is 0 Å². The van der Waals surface area contributed by atoms with E-state index < -0.39 is 6.23 Å². The van der Waals surface area contributed by atoms with Gasteiger partial charge in [-0.15, -0.1) is 0 Å². The average Bonchev–Trinajstić information content (AvgIpc) is 2.55. The number of nitrogens with zero attached hydrogens (tertiary/aromatic N) is 1. The molecule has 0 saturated heterocycles. The second kappa shape index (κ2) is 7.68. The Bertz CT molecular complexity index is 624. The number of benzene rings is 2. The van der Waals surface area contributed by atoms with Crippen molar-refractivity contribution in [3.05, 3.63) is 60.2 Å². The molecule has 0 saturated carbocycles. The summed E-state index contributed by atoms with van der Waals surface area (Å²) in [5, 5.41) is 2.83. The number of rotatable bonds is 5. The van der Waals surface area contributed by atoms with Crippen molar-refractivity contribution in [3.63, 3.8) is 0 Å². The maximum Gasteiger partial charge on any atom is 0.324 e. The van der Waals surface area contributed by atoms with E-state index >= 15 is 0 Å². The summed E-state index contributed by atoms with van der Waals surface area (Å²) in [6, 6.07) is 17.2. The van der Waals surface area contributed by atoms with Crippen LogP contribution in [0.1, 0.15) is 32.3 Å². The minimum Gasteiger partial charge on any atom is -0.471 e. The van der Waals surface area contributed by atoms with E-state index in [1.807, 2.05) is 61.5 Å². The van der Waals surface area contributed by atoms with Gasteiger partial charge in [-0.1, -0.05) is 44.2 Å². The summed E-state index contributed by atoms with van der Waals surface area (Å²) in [7, 11) is 1.73. The van der Waals surface area contributed by atoms with Gasteiger partial charge < -0.3 is 10.1 Å². The molecule has 0 heterocycles. The number of ether oxygens (including phenoxy) is 1. The van der Waals surface area contributed by atoms with Gasteiger partial charge >= 0.3 is 6.03 Å². The van der Waals surface area contributed by atoms with E-state index in [9.17, 15) is 4.79 Å². The lowest BCUT2D eigenvalue weighted by atomic mass is 10.0. The van der Waals surface area contributed by atoms with E-state index in [0.29, 0.717) is 5.92 Å². The summed E-state index contributed by atoms with van der Waals surface area (Å²) < 4.78 is 5.75. The van der Waals surface area contributed by atoms with Crippen molar-refractivity contribution in [2.75, 3.05) is 11.9 Å². The van der Waals surface area contributed by atoms with Crippen molar-refractivity contribution in [3.8, 4) is 5.75 Å². The zero-order valence-corrected chi connectivity index (χ0v) is 14.1. The summed E-state index contributed by atoms with van der Waals surface area (Å²) in [6.45, 7) is 6.11. The van der Waals surface area contributed by atoms with Crippen molar-refractivity contribution >= 4 is 11.7 Å². The standard InChI is InChI=1S/C19H24N2O2/c1-14(2)16-10-12-18(13-11-16)23-15(3)20-19(22)21(4)17-8-6-5-7-9-17/h5-15H,1-4H3,(H,20,22). The van der Waals surface area contributed by atoms with Crippen molar-refractivity contribution in [1.29, 1.82) is 0 Å². The normalized spacial score (nSPS) is 11.9. The quantitative estimate of drug-likeness (QED) is 0.832. The first-order chi connectivity index (χ1) is 11.0. The van der Waals surface area contributed by atoms with Crippen LogP contribution in [0.25, 0.3) is 0 Å². The van der Waals surface area contributed by atoms with Crippen LogP contribution in [0.5, 0.6) is 5.75 Å². The minimum absolute atomic E-state index is 0.206. The number of anilines is 1. The molecule has 2 aromatic rings. The first-order valence-corrected chi connectivity index (χ1v) is 7.83.